The first-order valence-electron chi connectivity index (χ1n) is 9.40. The first kappa shape index (κ1) is 17.7. The molecule has 1 N–H and O–H groups in total. The lowest BCUT2D eigenvalue weighted by Crippen LogP contribution is -2.42. The summed E-state index contributed by atoms with van der Waals surface area (Å²) in [4.78, 5) is 12.1. The van der Waals surface area contributed by atoms with E-state index in [0.717, 1.165) is 32.0 Å². The normalized spacial score (nSPS) is 20.5. The third kappa shape index (κ3) is 3.93. The molecule has 5 heteroatoms. The summed E-state index contributed by atoms with van der Waals surface area (Å²) in [5.74, 6) is 1.11. The maximum absolute atomic E-state index is 4.88. The summed E-state index contributed by atoms with van der Waals surface area (Å²) >= 11 is 1.77. The van der Waals surface area contributed by atoms with E-state index in [1.54, 1.807) is 11.3 Å². The molecule has 0 bridgehead atoms. The molecule has 1 aromatic rings. The number of nitrogens with zero attached hydrogens (tertiary/aromatic N) is 3. The van der Waals surface area contributed by atoms with E-state index in [0.29, 0.717) is 5.41 Å². The molecule has 1 aliphatic heterocycles. The third-order valence-corrected chi connectivity index (χ3v) is 6.30. The fourth-order valence-corrected chi connectivity index (χ4v) is 4.67. The van der Waals surface area contributed by atoms with E-state index in [2.05, 4.69) is 43.3 Å². The van der Waals surface area contributed by atoms with Crippen molar-refractivity contribution in [3.8, 4) is 0 Å². The maximum atomic E-state index is 4.88. The smallest absolute Gasteiger partial charge is 0.193 e. The molecule has 1 saturated carbocycles. The zero-order valence-electron chi connectivity index (χ0n) is 15.7. The van der Waals surface area contributed by atoms with Gasteiger partial charge in [0.1, 0.15) is 0 Å². The number of likely N-dealkylation sites (tertiary alicyclic amines) is 1. The Morgan fingerprint density at radius 2 is 2.17 bits per heavy atom. The molecule has 2 heterocycles. The van der Waals surface area contributed by atoms with Gasteiger partial charge in [-0.25, -0.2) is 4.98 Å². The van der Waals surface area contributed by atoms with Gasteiger partial charge in [0.25, 0.3) is 0 Å². The van der Waals surface area contributed by atoms with Crippen molar-refractivity contribution in [2.45, 2.75) is 65.2 Å². The van der Waals surface area contributed by atoms with Gasteiger partial charge in [-0.3, -0.25) is 4.99 Å². The SMILES string of the molecule is CCNC(=NCCc1nc(C(C)(C)C)cs1)N1CCC2(CCC2)C1. The summed E-state index contributed by atoms with van der Waals surface area (Å²) in [5, 5.41) is 6.89. The van der Waals surface area contributed by atoms with Crippen LogP contribution in [0.15, 0.2) is 10.4 Å². The summed E-state index contributed by atoms with van der Waals surface area (Å²) in [7, 11) is 0. The fraction of sp³-hybridized carbons (Fsp3) is 0.789. The van der Waals surface area contributed by atoms with Crippen LogP contribution in [0, 0.1) is 5.41 Å². The Kier molecular flexibility index (Phi) is 5.19. The van der Waals surface area contributed by atoms with Crippen LogP contribution in [0.4, 0.5) is 0 Å². The molecule has 0 unspecified atom stereocenters. The average molecular weight is 349 g/mol. The van der Waals surface area contributed by atoms with Crippen LogP contribution < -0.4 is 5.32 Å². The molecule has 1 aliphatic carbocycles. The molecule has 0 amide bonds. The number of aromatic nitrogens is 1. The Bertz CT molecular complexity index is 580. The number of thiazole rings is 1. The van der Waals surface area contributed by atoms with Crippen LogP contribution in [0.25, 0.3) is 0 Å². The first-order valence-corrected chi connectivity index (χ1v) is 10.3. The highest BCUT2D eigenvalue weighted by Gasteiger charge is 2.43. The van der Waals surface area contributed by atoms with Gasteiger partial charge in [-0.2, -0.15) is 0 Å². The summed E-state index contributed by atoms with van der Waals surface area (Å²) < 4.78 is 0. The van der Waals surface area contributed by atoms with Crippen LogP contribution in [0.5, 0.6) is 0 Å². The highest BCUT2D eigenvalue weighted by Crippen LogP contribution is 2.47. The lowest BCUT2D eigenvalue weighted by molar-refractivity contribution is 0.151. The molecule has 0 radical (unpaired) electrons. The minimum absolute atomic E-state index is 0.138. The van der Waals surface area contributed by atoms with Gasteiger partial charge in [0.05, 0.1) is 10.7 Å². The molecule has 0 atom stereocenters. The molecule has 2 fully saturated rings. The van der Waals surface area contributed by atoms with Gasteiger partial charge in [0.2, 0.25) is 0 Å². The van der Waals surface area contributed by atoms with Crippen LogP contribution in [-0.4, -0.2) is 42.0 Å². The first-order chi connectivity index (χ1) is 11.4. The molecule has 0 aromatic carbocycles. The Morgan fingerprint density at radius 3 is 2.71 bits per heavy atom. The summed E-state index contributed by atoms with van der Waals surface area (Å²) in [5.41, 5.74) is 1.96. The van der Waals surface area contributed by atoms with Crippen molar-refractivity contribution in [2.75, 3.05) is 26.2 Å². The van der Waals surface area contributed by atoms with E-state index in [1.165, 1.54) is 42.9 Å². The second kappa shape index (κ2) is 7.03. The van der Waals surface area contributed by atoms with Crippen LogP contribution in [0.3, 0.4) is 0 Å². The van der Waals surface area contributed by atoms with E-state index in [-0.39, 0.29) is 5.41 Å². The number of rotatable bonds is 4. The molecule has 3 rings (SSSR count). The molecule has 1 spiro atoms. The largest absolute Gasteiger partial charge is 0.357 e. The van der Waals surface area contributed by atoms with Crippen molar-refractivity contribution in [3.63, 3.8) is 0 Å². The topological polar surface area (TPSA) is 40.5 Å². The van der Waals surface area contributed by atoms with Gasteiger partial charge >= 0.3 is 0 Å². The van der Waals surface area contributed by atoms with Crippen LogP contribution in [-0.2, 0) is 11.8 Å². The van der Waals surface area contributed by atoms with Crippen molar-refractivity contribution in [1.82, 2.24) is 15.2 Å². The Morgan fingerprint density at radius 1 is 1.38 bits per heavy atom. The fourth-order valence-electron chi connectivity index (χ4n) is 3.65. The summed E-state index contributed by atoms with van der Waals surface area (Å²) in [6.45, 7) is 12.9. The zero-order valence-corrected chi connectivity index (χ0v) is 16.5. The molecular formula is C19H32N4S. The van der Waals surface area contributed by atoms with Crippen molar-refractivity contribution in [2.24, 2.45) is 10.4 Å². The molecule has 1 saturated heterocycles. The van der Waals surface area contributed by atoms with Crippen molar-refractivity contribution in [3.05, 3.63) is 16.1 Å². The lowest BCUT2D eigenvalue weighted by atomic mass is 9.68. The highest BCUT2D eigenvalue weighted by atomic mass is 32.1. The molecule has 2 aliphatic rings. The summed E-state index contributed by atoms with van der Waals surface area (Å²) in [6, 6.07) is 0. The lowest BCUT2D eigenvalue weighted by Gasteiger charge is -2.38. The average Bonchev–Trinajstić information content (AvgIpc) is 3.12. The number of aliphatic imine (C=N–C) groups is 1. The molecule has 24 heavy (non-hydrogen) atoms. The second-order valence-electron chi connectivity index (χ2n) is 8.39. The van der Waals surface area contributed by atoms with Crippen molar-refractivity contribution in [1.29, 1.82) is 0 Å². The minimum atomic E-state index is 0.138. The van der Waals surface area contributed by atoms with E-state index in [4.69, 9.17) is 9.98 Å². The van der Waals surface area contributed by atoms with Crippen LogP contribution in [0.1, 0.15) is 64.1 Å². The standard InChI is InChI=1S/C19H32N4S/c1-5-20-17(23-12-10-19(14-23)8-6-9-19)21-11-7-16-22-15(13-24-16)18(2,3)4/h13H,5-12,14H2,1-4H3,(H,20,21). The predicted octanol–water partition coefficient (Wildman–Crippen LogP) is 3.82. The van der Waals surface area contributed by atoms with E-state index in [9.17, 15) is 0 Å². The predicted molar refractivity (Wildman–Crippen MR) is 103 cm³/mol. The van der Waals surface area contributed by atoms with Gasteiger partial charge in [-0.15, -0.1) is 11.3 Å². The third-order valence-electron chi connectivity index (χ3n) is 5.39. The van der Waals surface area contributed by atoms with Crippen LogP contribution >= 0.6 is 11.3 Å². The monoisotopic (exact) mass is 348 g/mol. The molecule has 4 nitrogen and oxygen atoms in total. The van der Waals surface area contributed by atoms with E-state index in [1.807, 2.05) is 0 Å². The Balaban J connectivity index is 1.57. The molecule has 1 aromatic heterocycles. The van der Waals surface area contributed by atoms with Gasteiger partial charge in [-0.05, 0) is 31.6 Å². The van der Waals surface area contributed by atoms with Crippen molar-refractivity contribution < 1.29 is 0 Å². The summed E-state index contributed by atoms with van der Waals surface area (Å²) in [6.07, 6.45) is 6.53. The highest BCUT2D eigenvalue weighted by molar-refractivity contribution is 7.09. The van der Waals surface area contributed by atoms with Crippen LogP contribution in [0.2, 0.25) is 0 Å². The number of guanidine groups is 1. The molecule has 134 valence electrons. The number of nitrogens with one attached hydrogen (secondary N) is 1. The molecular weight excluding hydrogens is 316 g/mol. The van der Waals surface area contributed by atoms with Gasteiger partial charge in [0, 0.05) is 43.4 Å². The minimum Gasteiger partial charge on any atom is -0.357 e. The van der Waals surface area contributed by atoms with Gasteiger partial charge in [0.15, 0.2) is 5.96 Å². The Hall–Kier alpha value is -1.10. The van der Waals surface area contributed by atoms with Crippen molar-refractivity contribution >= 4 is 17.3 Å². The second-order valence-corrected chi connectivity index (χ2v) is 9.33. The zero-order chi connectivity index (χ0) is 17.2. The quantitative estimate of drug-likeness (QED) is 0.664. The van der Waals surface area contributed by atoms with E-state index >= 15 is 0 Å². The number of hydrogen-bond donors (Lipinski definition) is 1. The van der Waals surface area contributed by atoms with E-state index < -0.39 is 0 Å². The Labute approximate surface area is 150 Å². The number of hydrogen-bond acceptors (Lipinski definition) is 3. The van der Waals surface area contributed by atoms with Gasteiger partial charge in [-0.1, -0.05) is 27.2 Å². The maximum Gasteiger partial charge on any atom is 0.193 e. The van der Waals surface area contributed by atoms with Gasteiger partial charge < -0.3 is 10.2 Å².